The van der Waals surface area contributed by atoms with E-state index in [1.165, 1.54) is 26.9 Å². The number of ether oxygens (including phenoxy) is 3. The summed E-state index contributed by atoms with van der Waals surface area (Å²) in [4.78, 5) is 13.0. The Morgan fingerprint density at radius 1 is 0.786 bits per heavy atom. The van der Waals surface area contributed by atoms with E-state index in [1.54, 1.807) is 12.1 Å². The van der Waals surface area contributed by atoms with E-state index in [4.69, 9.17) is 14.2 Å². The summed E-state index contributed by atoms with van der Waals surface area (Å²) in [6.45, 7) is 0. The third kappa shape index (κ3) is 4.26. The molecule has 0 spiro atoms. The summed E-state index contributed by atoms with van der Waals surface area (Å²) in [5, 5.41) is 3.00. The van der Waals surface area contributed by atoms with Crippen molar-refractivity contribution in [3.8, 4) is 17.2 Å². The van der Waals surface area contributed by atoms with Crippen LogP contribution >= 0.6 is 0 Å². The first kappa shape index (κ1) is 19.3. The maximum Gasteiger partial charge on any atom is 0.259 e. The first-order valence-electron chi connectivity index (χ1n) is 8.89. The molecule has 0 atom stereocenters. The minimum absolute atomic E-state index is 0.279. The molecule has 1 N–H and O–H groups in total. The molecule has 0 bridgehead atoms. The van der Waals surface area contributed by atoms with Crippen LogP contribution in [0.4, 0.5) is 5.69 Å². The summed E-state index contributed by atoms with van der Waals surface area (Å²) in [6, 6.07) is 21.2. The summed E-state index contributed by atoms with van der Waals surface area (Å²) in [5.74, 6) is 1.10. The van der Waals surface area contributed by atoms with E-state index in [9.17, 15) is 4.79 Å². The zero-order valence-corrected chi connectivity index (χ0v) is 16.2. The minimum Gasteiger partial charge on any atom is -0.496 e. The first-order chi connectivity index (χ1) is 13.7. The lowest BCUT2D eigenvalue weighted by molar-refractivity contribution is 0.102. The largest absolute Gasteiger partial charge is 0.496 e. The topological polar surface area (TPSA) is 56.8 Å². The number of anilines is 1. The van der Waals surface area contributed by atoms with Crippen molar-refractivity contribution in [3.63, 3.8) is 0 Å². The molecule has 0 saturated carbocycles. The SMILES string of the molecule is COc1cc(OC)c(C(=O)Nc2ccccc2Cc2ccccc2)cc1OC. The first-order valence-corrected chi connectivity index (χ1v) is 8.89. The van der Waals surface area contributed by atoms with Crippen LogP contribution < -0.4 is 19.5 Å². The number of amides is 1. The van der Waals surface area contributed by atoms with Gasteiger partial charge in [-0.3, -0.25) is 4.79 Å². The van der Waals surface area contributed by atoms with E-state index < -0.39 is 0 Å². The number of methoxy groups -OCH3 is 3. The standard InChI is InChI=1S/C23H23NO4/c1-26-20-15-22(28-3)21(27-2)14-18(20)23(25)24-19-12-8-7-11-17(19)13-16-9-5-4-6-10-16/h4-12,14-15H,13H2,1-3H3,(H,24,25). The second kappa shape index (κ2) is 8.95. The van der Waals surface area contributed by atoms with Crippen molar-refractivity contribution in [3.05, 3.63) is 83.4 Å². The summed E-state index contributed by atoms with van der Waals surface area (Å²) >= 11 is 0. The highest BCUT2D eigenvalue weighted by atomic mass is 16.5. The highest BCUT2D eigenvalue weighted by Crippen LogP contribution is 2.35. The molecular formula is C23H23NO4. The Morgan fingerprint density at radius 3 is 2.07 bits per heavy atom. The molecule has 0 aliphatic heterocycles. The quantitative estimate of drug-likeness (QED) is 0.656. The smallest absolute Gasteiger partial charge is 0.259 e. The monoisotopic (exact) mass is 377 g/mol. The van der Waals surface area contributed by atoms with E-state index >= 15 is 0 Å². The van der Waals surface area contributed by atoms with E-state index in [0.29, 0.717) is 22.8 Å². The predicted octanol–water partition coefficient (Wildman–Crippen LogP) is 4.56. The molecule has 3 aromatic rings. The third-order valence-corrected chi connectivity index (χ3v) is 4.45. The van der Waals surface area contributed by atoms with E-state index in [-0.39, 0.29) is 5.91 Å². The molecule has 5 nitrogen and oxygen atoms in total. The maximum absolute atomic E-state index is 13.0. The maximum atomic E-state index is 13.0. The normalized spacial score (nSPS) is 10.2. The van der Waals surface area contributed by atoms with Crippen molar-refractivity contribution in [2.24, 2.45) is 0 Å². The molecule has 28 heavy (non-hydrogen) atoms. The Labute approximate surface area is 164 Å². The van der Waals surface area contributed by atoms with Gasteiger partial charge in [0.05, 0.1) is 26.9 Å². The lowest BCUT2D eigenvalue weighted by Crippen LogP contribution is -2.15. The van der Waals surface area contributed by atoms with Gasteiger partial charge < -0.3 is 19.5 Å². The van der Waals surface area contributed by atoms with Crippen molar-refractivity contribution >= 4 is 11.6 Å². The van der Waals surface area contributed by atoms with Crippen LogP contribution in [-0.2, 0) is 6.42 Å². The molecule has 0 unspecified atom stereocenters. The van der Waals surface area contributed by atoms with Crippen LogP contribution in [0.25, 0.3) is 0 Å². The van der Waals surface area contributed by atoms with Gasteiger partial charge in [0, 0.05) is 17.8 Å². The fraction of sp³-hybridized carbons (Fsp3) is 0.174. The van der Waals surface area contributed by atoms with Crippen LogP contribution in [0.1, 0.15) is 21.5 Å². The average Bonchev–Trinajstić information content (AvgIpc) is 2.74. The molecule has 144 valence electrons. The van der Waals surface area contributed by atoms with Crippen LogP contribution in [0, 0.1) is 0 Å². The van der Waals surface area contributed by atoms with Gasteiger partial charge in [-0.05, 0) is 23.6 Å². The zero-order chi connectivity index (χ0) is 19.9. The summed E-state index contributed by atoms with van der Waals surface area (Å²) in [5.41, 5.74) is 3.33. The fourth-order valence-corrected chi connectivity index (χ4v) is 3.01. The van der Waals surface area contributed by atoms with Crippen molar-refractivity contribution in [1.29, 1.82) is 0 Å². The van der Waals surface area contributed by atoms with Gasteiger partial charge in [-0.25, -0.2) is 0 Å². The summed E-state index contributed by atoms with van der Waals surface area (Å²) < 4.78 is 16.0. The summed E-state index contributed by atoms with van der Waals surface area (Å²) in [7, 11) is 4.58. The van der Waals surface area contributed by atoms with E-state index in [1.807, 2.05) is 42.5 Å². The number of para-hydroxylation sites is 1. The van der Waals surface area contributed by atoms with Crippen molar-refractivity contribution < 1.29 is 19.0 Å². The third-order valence-electron chi connectivity index (χ3n) is 4.45. The molecule has 0 saturated heterocycles. The lowest BCUT2D eigenvalue weighted by atomic mass is 10.0. The van der Waals surface area contributed by atoms with Crippen LogP contribution in [0.5, 0.6) is 17.2 Å². The van der Waals surface area contributed by atoms with Crippen LogP contribution in [0.3, 0.4) is 0 Å². The van der Waals surface area contributed by atoms with Gasteiger partial charge in [0.25, 0.3) is 5.91 Å². The van der Waals surface area contributed by atoms with Crippen molar-refractivity contribution in [1.82, 2.24) is 0 Å². The molecule has 3 rings (SSSR count). The Bertz CT molecular complexity index is 954. The van der Waals surface area contributed by atoms with Gasteiger partial charge in [-0.1, -0.05) is 48.5 Å². The fourth-order valence-electron chi connectivity index (χ4n) is 3.01. The van der Waals surface area contributed by atoms with Gasteiger partial charge in [-0.15, -0.1) is 0 Å². The Balaban J connectivity index is 1.90. The lowest BCUT2D eigenvalue weighted by Gasteiger charge is -2.15. The number of nitrogens with one attached hydrogen (secondary N) is 1. The average molecular weight is 377 g/mol. The molecule has 0 radical (unpaired) electrons. The minimum atomic E-state index is -0.279. The Hall–Kier alpha value is -3.47. The molecule has 0 aromatic heterocycles. The molecule has 5 heteroatoms. The predicted molar refractivity (Wildman–Crippen MR) is 110 cm³/mol. The van der Waals surface area contributed by atoms with Crippen LogP contribution in [0.15, 0.2) is 66.7 Å². The summed E-state index contributed by atoms with van der Waals surface area (Å²) in [6.07, 6.45) is 0.723. The second-order valence-electron chi connectivity index (χ2n) is 6.18. The number of rotatable bonds is 7. The molecule has 0 fully saturated rings. The van der Waals surface area contributed by atoms with Gasteiger partial charge in [0.1, 0.15) is 5.75 Å². The number of hydrogen-bond donors (Lipinski definition) is 1. The highest BCUT2D eigenvalue weighted by Gasteiger charge is 2.18. The number of carbonyl (C=O) groups is 1. The van der Waals surface area contributed by atoms with E-state index in [0.717, 1.165) is 17.7 Å². The van der Waals surface area contributed by atoms with Gasteiger partial charge in [0.15, 0.2) is 11.5 Å². The number of hydrogen-bond acceptors (Lipinski definition) is 4. The molecule has 0 aliphatic carbocycles. The van der Waals surface area contributed by atoms with Gasteiger partial charge in [0.2, 0.25) is 0 Å². The van der Waals surface area contributed by atoms with E-state index in [2.05, 4.69) is 17.4 Å². The van der Waals surface area contributed by atoms with Crippen molar-refractivity contribution in [2.75, 3.05) is 26.6 Å². The molecule has 0 heterocycles. The Morgan fingerprint density at radius 2 is 1.39 bits per heavy atom. The number of carbonyl (C=O) groups excluding carboxylic acids is 1. The van der Waals surface area contributed by atoms with Gasteiger partial charge >= 0.3 is 0 Å². The zero-order valence-electron chi connectivity index (χ0n) is 16.2. The van der Waals surface area contributed by atoms with Gasteiger partial charge in [-0.2, -0.15) is 0 Å². The molecular weight excluding hydrogens is 354 g/mol. The highest BCUT2D eigenvalue weighted by molar-refractivity contribution is 6.07. The molecule has 0 aliphatic rings. The number of benzene rings is 3. The molecule has 1 amide bonds. The molecule has 3 aromatic carbocycles. The second-order valence-corrected chi connectivity index (χ2v) is 6.18. The van der Waals surface area contributed by atoms with Crippen LogP contribution in [-0.4, -0.2) is 27.2 Å². The Kier molecular flexibility index (Phi) is 6.17. The van der Waals surface area contributed by atoms with Crippen molar-refractivity contribution in [2.45, 2.75) is 6.42 Å². The van der Waals surface area contributed by atoms with Crippen LogP contribution in [0.2, 0.25) is 0 Å².